The summed E-state index contributed by atoms with van der Waals surface area (Å²) in [6.07, 6.45) is 4.08. The van der Waals surface area contributed by atoms with E-state index in [9.17, 15) is 0 Å². The maximum Gasteiger partial charge on any atom is 0.0405 e. The summed E-state index contributed by atoms with van der Waals surface area (Å²) < 4.78 is 0. The van der Waals surface area contributed by atoms with E-state index in [0.29, 0.717) is 6.04 Å². The fourth-order valence-electron chi connectivity index (χ4n) is 1.45. The van der Waals surface area contributed by atoms with Crippen molar-refractivity contribution in [1.29, 1.82) is 0 Å². The molecule has 1 unspecified atom stereocenters. The van der Waals surface area contributed by atoms with Crippen molar-refractivity contribution < 1.29 is 0 Å². The van der Waals surface area contributed by atoms with Gasteiger partial charge in [-0.05, 0) is 38.4 Å². The number of rotatable bonds is 4. The van der Waals surface area contributed by atoms with E-state index < -0.39 is 0 Å². The van der Waals surface area contributed by atoms with Gasteiger partial charge in [-0.2, -0.15) is 0 Å². The minimum atomic E-state index is 0.572. The standard InChI is InChI=1S/C11H18N2/c1-4-11(12-3)8-10-6-5-7-13-9(10)2/h5-7,11-12H,4,8H2,1-3H3. The van der Waals surface area contributed by atoms with Crippen molar-refractivity contribution in [2.75, 3.05) is 7.05 Å². The van der Waals surface area contributed by atoms with Crippen LogP contribution in [0.1, 0.15) is 24.6 Å². The molecule has 0 aliphatic rings. The van der Waals surface area contributed by atoms with Crippen LogP contribution in [0.15, 0.2) is 18.3 Å². The first-order chi connectivity index (χ1) is 6.27. The molecule has 0 aliphatic heterocycles. The third-order valence-electron chi connectivity index (χ3n) is 2.48. The summed E-state index contributed by atoms with van der Waals surface area (Å²) in [5, 5.41) is 3.30. The van der Waals surface area contributed by atoms with Gasteiger partial charge in [-0.15, -0.1) is 0 Å². The first-order valence-corrected chi connectivity index (χ1v) is 4.85. The topological polar surface area (TPSA) is 24.9 Å². The Morgan fingerprint density at radius 3 is 2.85 bits per heavy atom. The number of hydrogen-bond donors (Lipinski definition) is 1. The van der Waals surface area contributed by atoms with Crippen LogP contribution in [0.25, 0.3) is 0 Å². The number of aryl methyl sites for hydroxylation is 1. The molecule has 0 bridgehead atoms. The Hall–Kier alpha value is -0.890. The van der Waals surface area contributed by atoms with Gasteiger partial charge in [-0.25, -0.2) is 0 Å². The highest BCUT2D eigenvalue weighted by molar-refractivity contribution is 5.19. The number of hydrogen-bond acceptors (Lipinski definition) is 2. The summed E-state index contributed by atoms with van der Waals surface area (Å²) >= 11 is 0. The lowest BCUT2D eigenvalue weighted by Gasteiger charge is -2.14. The monoisotopic (exact) mass is 178 g/mol. The Balaban J connectivity index is 2.67. The van der Waals surface area contributed by atoms with Crippen molar-refractivity contribution in [3.8, 4) is 0 Å². The van der Waals surface area contributed by atoms with E-state index in [-0.39, 0.29) is 0 Å². The Bertz CT molecular complexity index is 254. The molecule has 0 aromatic carbocycles. The van der Waals surface area contributed by atoms with Crippen LogP contribution in [0.3, 0.4) is 0 Å². The molecule has 0 saturated carbocycles. The van der Waals surface area contributed by atoms with Crippen molar-refractivity contribution >= 4 is 0 Å². The smallest absolute Gasteiger partial charge is 0.0405 e. The molecule has 0 spiro atoms. The molecule has 1 aromatic rings. The van der Waals surface area contributed by atoms with Crippen LogP contribution in [0.2, 0.25) is 0 Å². The normalized spacial score (nSPS) is 12.8. The van der Waals surface area contributed by atoms with Crippen LogP contribution < -0.4 is 5.32 Å². The molecule has 1 N–H and O–H groups in total. The SMILES string of the molecule is CCC(Cc1cccnc1C)NC. The number of aromatic nitrogens is 1. The van der Waals surface area contributed by atoms with Crippen molar-refractivity contribution in [3.05, 3.63) is 29.6 Å². The van der Waals surface area contributed by atoms with Gasteiger partial charge in [0, 0.05) is 17.9 Å². The number of nitrogens with zero attached hydrogens (tertiary/aromatic N) is 1. The summed E-state index contributed by atoms with van der Waals surface area (Å²) in [4.78, 5) is 4.27. The lowest BCUT2D eigenvalue weighted by atomic mass is 10.0. The van der Waals surface area contributed by atoms with Crippen LogP contribution in [0.5, 0.6) is 0 Å². The zero-order chi connectivity index (χ0) is 9.68. The summed E-state index contributed by atoms with van der Waals surface area (Å²) in [5.74, 6) is 0. The average molecular weight is 178 g/mol. The first kappa shape index (κ1) is 10.2. The van der Waals surface area contributed by atoms with Crippen LogP contribution in [0, 0.1) is 6.92 Å². The molecule has 2 nitrogen and oxygen atoms in total. The van der Waals surface area contributed by atoms with Gasteiger partial charge in [0.05, 0.1) is 0 Å². The molecule has 0 radical (unpaired) electrons. The average Bonchev–Trinajstić information content (AvgIpc) is 2.17. The number of likely N-dealkylation sites (N-methyl/N-ethyl adjacent to an activating group) is 1. The van der Waals surface area contributed by atoms with Crippen molar-refractivity contribution in [1.82, 2.24) is 10.3 Å². The maximum absolute atomic E-state index is 4.27. The summed E-state index contributed by atoms with van der Waals surface area (Å²) in [7, 11) is 2.01. The summed E-state index contributed by atoms with van der Waals surface area (Å²) in [6.45, 7) is 4.27. The second-order valence-electron chi connectivity index (χ2n) is 3.35. The molecule has 1 heterocycles. The molecule has 1 aromatic heterocycles. The molecule has 72 valence electrons. The van der Waals surface area contributed by atoms with Gasteiger partial charge in [-0.3, -0.25) is 4.98 Å². The van der Waals surface area contributed by atoms with Gasteiger partial charge in [0.25, 0.3) is 0 Å². The highest BCUT2D eigenvalue weighted by Crippen LogP contribution is 2.08. The Morgan fingerprint density at radius 2 is 2.31 bits per heavy atom. The molecule has 0 saturated heterocycles. The quantitative estimate of drug-likeness (QED) is 0.762. The van der Waals surface area contributed by atoms with E-state index in [1.165, 1.54) is 5.56 Å². The predicted molar refractivity (Wildman–Crippen MR) is 55.8 cm³/mol. The second-order valence-corrected chi connectivity index (χ2v) is 3.35. The van der Waals surface area contributed by atoms with Gasteiger partial charge in [-0.1, -0.05) is 13.0 Å². The predicted octanol–water partition coefficient (Wildman–Crippen LogP) is 1.93. The van der Waals surface area contributed by atoms with Gasteiger partial charge in [0.1, 0.15) is 0 Å². The van der Waals surface area contributed by atoms with E-state index in [1.807, 2.05) is 19.3 Å². The van der Waals surface area contributed by atoms with Gasteiger partial charge >= 0.3 is 0 Å². The summed E-state index contributed by atoms with van der Waals surface area (Å²) in [5.41, 5.74) is 2.50. The highest BCUT2D eigenvalue weighted by atomic mass is 14.9. The molecule has 0 fully saturated rings. The minimum absolute atomic E-state index is 0.572. The van der Waals surface area contributed by atoms with Crippen molar-refractivity contribution in [2.24, 2.45) is 0 Å². The van der Waals surface area contributed by atoms with E-state index in [4.69, 9.17) is 0 Å². The summed E-state index contributed by atoms with van der Waals surface area (Å²) in [6, 6.07) is 4.73. The lowest BCUT2D eigenvalue weighted by Crippen LogP contribution is -2.26. The fraction of sp³-hybridized carbons (Fsp3) is 0.545. The number of pyridine rings is 1. The van der Waals surface area contributed by atoms with Gasteiger partial charge < -0.3 is 5.32 Å². The molecule has 2 heteroatoms. The molecule has 0 aliphatic carbocycles. The van der Waals surface area contributed by atoms with Crippen molar-refractivity contribution in [2.45, 2.75) is 32.7 Å². The molecule has 13 heavy (non-hydrogen) atoms. The van der Waals surface area contributed by atoms with Gasteiger partial charge in [0.2, 0.25) is 0 Å². The maximum atomic E-state index is 4.27. The molecular weight excluding hydrogens is 160 g/mol. The lowest BCUT2D eigenvalue weighted by molar-refractivity contribution is 0.541. The third-order valence-corrected chi connectivity index (χ3v) is 2.48. The zero-order valence-corrected chi connectivity index (χ0v) is 8.67. The second kappa shape index (κ2) is 4.97. The van der Waals surface area contributed by atoms with E-state index in [1.54, 1.807) is 0 Å². The van der Waals surface area contributed by atoms with E-state index >= 15 is 0 Å². The largest absolute Gasteiger partial charge is 0.317 e. The van der Waals surface area contributed by atoms with Gasteiger partial charge in [0.15, 0.2) is 0 Å². The molecule has 1 rings (SSSR count). The number of nitrogens with one attached hydrogen (secondary N) is 1. The first-order valence-electron chi connectivity index (χ1n) is 4.85. The Kier molecular flexibility index (Phi) is 3.90. The zero-order valence-electron chi connectivity index (χ0n) is 8.67. The van der Waals surface area contributed by atoms with Crippen LogP contribution in [0.4, 0.5) is 0 Å². The van der Waals surface area contributed by atoms with Crippen LogP contribution in [-0.2, 0) is 6.42 Å². The Morgan fingerprint density at radius 1 is 1.54 bits per heavy atom. The molecule has 0 amide bonds. The van der Waals surface area contributed by atoms with Crippen molar-refractivity contribution in [3.63, 3.8) is 0 Å². The fourth-order valence-corrected chi connectivity index (χ4v) is 1.45. The third kappa shape index (κ3) is 2.81. The molecule has 1 atom stereocenters. The molecular formula is C11H18N2. The van der Waals surface area contributed by atoms with E-state index in [0.717, 1.165) is 18.5 Å². The van der Waals surface area contributed by atoms with E-state index in [2.05, 4.69) is 30.2 Å². The van der Waals surface area contributed by atoms with Crippen LogP contribution in [-0.4, -0.2) is 18.1 Å². The highest BCUT2D eigenvalue weighted by Gasteiger charge is 2.06. The Labute approximate surface area is 80.4 Å². The minimum Gasteiger partial charge on any atom is -0.317 e. The van der Waals surface area contributed by atoms with Crippen LogP contribution >= 0.6 is 0 Å².